The van der Waals surface area contributed by atoms with Crippen LogP contribution in [0, 0.1) is 6.92 Å². The van der Waals surface area contributed by atoms with Crippen LogP contribution in [0.5, 0.6) is 0 Å². The van der Waals surface area contributed by atoms with Gasteiger partial charge in [-0.1, -0.05) is 0 Å². The van der Waals surface area contributed by atoms with E-state index in [-0.39, 0.29) is 6.42 Å². The molecule has 1 atom stereocenters. The molecule has 1 aromatic rings. The first-order chi connectivity index (χ1) is 7.66. The van der Waals surface area contributed by atoms with Crippen molar-refractivity contribution in [3.05, 3.63) is 17.3 Å². The van der Waals surface area contributed by atoms with Crippen LogP contribution >= 0.6 is 11.8 Å². The summed E-state index contributed by atoms with van der Waals surface area (Å²) in [6.45, 7) is 1.91. The van der Waals surface area contributed by atoms with Crippen LogP contribution in [0.25, 0.3) is 0 Å². The molecule has 0 amide bonds. The smallest absolute Gasteiger partial charge is 0.303 e. The summed E-state index contributed by atoms with van der Waals surface area (Å²) in [6.07, 6.45) is 2.84. The maximum Gasteiger partial charge on any atom is 0.303 e. The fourth-order valence-electron chi connectivity index (χ4n) is 1.88. The van der Waals surface area contributed by atoms with Crippen LogP contribution in [-0.4, -0.2) is 21.8 Å². The minimum atomic E-state index is -0.812. The Hall–Kier alpha value is -0.970. The highest BCUT2D eigenvalue weighted by Gasteiger charge is 2.23. The van der Waals surface area contributed by atoms with Crippen LogP contribution in [0.2, 0.25) is 0 Å². The van der Waals surface area contributed by atoms with E-state index in [9.17, 15) is 4.79 Å². The van der Waals surface area contributed by atoms with Gasteiger partial charge in [-0.25, -0.2) is 4.98 Å². The van der Waals surface area contributed by atoms with Crippen molar-refractivity contribution in [2.24, 2.45) is 0 Å². The number of aryl methyl sites for hydroxylation is 2. The van der Waals surface area contributed by atoms with E-state index in [4.69, 9.17) is 9.52 Å². The maximum absolute atomic E-state index is 10.4. The third-order valence-corrected chi connectivity index (χ3v) is 4.05. The average molecular weight is 241 g/mol. The second-order valence-corrected chi connectivity index (χ2v) is 5.26. The zero-order valence-corrected chi connectivity index (χ0v) is 10.0. The minimum absolute atomic E-state index is 0.0806. The van der Waals surface area contributed by atoms with Crippen LogP contribution in [0.1, 0.15) is 41.9 Å². The molecule has 0 bridgehead atoms. The fraction of sp³-hybridized carbons (Fsp3) is 0.636. The monoisotopic (exact) mass is 241 g/mol. The van der Waals surface area contributed by atoms with E-state index in [1.807, 2.05) is 18.7 Å². The van der Waals surface area contributed by atoms with Gasteiger partial charge in [0.15, 0.2) is 5.89 Å². The Morgan fingerprint density at radius 2 is 2.50 bits per heavy atom. The molecular weight excluding hydrogens is 226 g/mol. The van der Waals surface area contributed by atoms with E-state index in [1.54, 1.807) is 0 Å². The van der Waals surface area contributed by atoms with Crippen molar-refractivity contribution in [1.29, 1.82) is 0 Å². The number of nitrogens with zero attached hydrogens (tertiary/aromatic N) is 1. The van der Waals surface area contributed by atoms with Gasteiger partial charge in [0, 0.05) is 6.42 Å². The highest BCUT2D eigenvalue weighted by molar-refractivity contribution is 7.99. The molecule has 1 saturated heterocycles. The Morgan fingerprint density at radius 3 is 3.12 bits per heavy atom. The van der Waals surface area contributed by atoms with Gasteiger partial charge in [-0.2, -0.15) is 11.8 Å². The predicted octanol–water partition coefficient (Wildman–Crippen LogP) is 2.57. The molecule has 1 N–H and O–H groups in total. The number of carbonyl (C=O) groups is 1. The van der Waals surface area contributed by atoms with E-state index < -0.39 is 5.97 Å². The molecule has 1 aliphatic heterocycles. The molecule has 0 aromatic carbocycles. The molecule has 1 fully saturated rings. The number of thioether (sulfide) groups is 1. The molecule has 0 radical (unpaired) electrons. The first-order valence-corrected chi connectivity index (χ1v) is 6.51. The van der Waals surface area contributed by atoms with E-state index in [1.165, 1.54) is 12.2 Å². The molecular formula is C11H15NO3S. The third-order valence-electron chi connectivity index (χ3n) is 2.66. The SMILES string of the molecule is Cc1oc(CCC(=O)O)nc1C1CCCS1. The van der Waals surface area contributed by atoms with Gasteiger partial charge in [0.2, 0.25) is 0 Å². The normalized spacial score (nSPS) is 20.2. The zero-order chi connectivity index (χ0) is 11.5. The van der Waals surface area contributed by atoms with E-state index in [0.29, 0.717) is 17.6 Å². The Morgan fingerprint density at radius 1 is 1.69 bits per heavy atom. The second-order valence-electron chi connectivity index (χ2n) is 3.94. The molecule has 1 aliphatic rings. The summed E-state index contributed by atoms with van der Waals surface area (Å²) in [5, 5.41) is 9.04. The minimum Gasteiger partial charge on any atom is -0.481 e. The van der Waals surface area contributed by atoms with E-state index in [0.717, 1.165) is 17.9 Å². The van der Waals surface area contributed by atoms with Gasteiger partial charge in [0.05, 0.1) is 17.4 Å². The highest BCUT2D eigenvalue weighted by atomic mass is 32.2. The highest BCUT2D eigenvalue weighted by Crippen LogP contribution is 2.40. The molecule has 2 rings (SSSR count). The number of carboxylic acids is 1. The summed E-state index contributed by atoms with van der Waals surface area (Å²) >= 11 is 1.91. The molecule has 1 aromatic heterocycles. The number of hydrogen-bond donors (Lipinski definition) is 1. The van der Waals surface area contributed by atoms with Crippen molar-refractivity contribution >= 4 is 17.7 Å². The number of aliphatic carboxylic acids is 1. The number of oxazole rings is 1. The summed E-state index contributed by atoms with van der Waals surface area (Å²) in [5.74, 6) is 1.77. The molecule has 16 heavy (non-hydrogen) atoms. The molecule has 0 spiro atoms. The third kappa shape index (κ3) is 2.58. The molecule has 5 heteroatoms. The zero-order valence-electron chi connectivity index (χ0n) is 9.23. The summed E-state index contributed by atoms with van der Waals surface area (Å²) in [6, 6.07) is 0. The quantitative estimate of drug-likeness (QED) is 0.877. The summed E-state index contributed by atoms with van der Waals surface area (Å²) in [5.41, 5.74) is 1.02. The van der Waals surface area contributed by atoms with Crippen LogP contribution in [0.15, 0.2) is 4.42 Å². The number of hydrogen-bond acceptors (Lipinski definition) is 4. The van der Waals surface area contributed by atoms with Crippen LogP contribution in [0.3, 0.4) is 0 Å². The molecule has 2 heterocycles. The van der Waals surface area contributed by atoms with Gasteiger partial charge in [0.1, 0.15) is 5.76 Å². The van der Waals surface area contributed by atoms with Crippen molar-refractivity contribution in [1.82, 2.24) is 4.98 Å². The largest absolute Gasteiger partial charge is 0.481 e. The summed E-state index contributed by atoms with van der Waals surface area (Å²) < 4.78 is 5.49. The predicted molar refractivity (Wildman–Crippen MR) is 61.6 cm³/mol. The number of carboxylic acid groups (broad SMARTS) is 1. The lowest BCUT2D eigenvalue weighted by Crippen LogP contribution is -1.98. The van der Waals surface area contributed by atoms with Crippen LogP contribution in [0.4, 0.5) is 0 Å². The first kappa shape index (κ1) is 11.5. The van der Waals surface area contributed by atoms with E-state index >= 15 is 0 Å². The Bertz CT molecular complexity index is 383. The topological polar surface area (TPSA) is 63.3 Å². The molecule has 88 valence electrons. The number of rotatable bonds is 4. The standard InChI is InChI=1S/C11H15NO3S/c1-7-11(8-3-2-6-16-8)12-9(15-7)4-5-10(13)14/h8H,2-6H2,1H3,(H,13,14). The van der Waals surface area contributed by atoms with Crippen LogP contribution < -0.4 is 0 Å². The Kier molecular flexibility index (Phi) is 3.53. The lowest BCUT2D eigenvalue weighted by molar-refractivity contribution is -0.137. The van der Waals surface area contributed by atoms with Crippen molar-refractivity contribution in [2.75, 3.05) is 5.75 Å². The lowest BCUT2D eigenvalue weighted by Gasteiger charge is -2.03. The Balaban J connectivity index is 2.05. The van der Waals surface area contributed by atoms with Crippen molar-refractivity contribution in [3.63, 3.8) is 0 Å². The fourth-order valence-corrected chi connectivity index (χ4v) is 3.21. The summed E-state index contributed by atoms with van der Waals surface area (Å²) in [7, 11) is 0. The van der Waals surface area contributed by atoms with Gasteiger partial charge in [-0.3, -0.25) is 4.79 Å². The van der Waals surface area contributed by atoms with Gasteiger partial charge >= 0.3 is 5.97 Å². The van der Waals surface area contributed by atoms with Gasteiger partial charge < -0.3 is 9.52 Å². The van der Waals surface area contributed by atoms with Crippen molar-refractivity contribution < 1.29 is 14.3 Å². The van der Waals surface area contributed by atoms with Gasteiger partial charge in [0.25, 0.3) is 0 Å². The molecule has 4 nitrogen and oxygen atoms in total. The van der Waals surface area contributed by atoms with E-state index in [2.05, 4.69) is 4.98 Å². The first-order valence-electron chi connectivity index (χ1n) is 5.46. The van der Waals surface area contributed by atoms with Crippen molar-refractivity contribution in [2.45, 2.75) is 37.9 Å². The number of aromatic nitrogens is 1. The summed E-state index contributed by atoms with van der Waals surface area (Å²) in [4.78, 5) is 14.9. The lowest BCUT2D eigenvalue weighted by atomic mass is 10.2. The van der Waals surface area contributed by atoms with Crippen LogP contribution in [-0.2, 0) is 11.2 Å². The molecule has 0 aliphatic carbocycles. The maximum atomic E-state index is 10.4. The van der Waals surface area contributed by atoms with Gasteiger partial charge in [-0.05, 0) is 25.5 Å². The Labute approximate surface area is 98.4 Å². The van der Waals surface area contributed by atoms with Gasteiger partial charge in [-0.15, -0.1) is 0 Å². The average Bonchev–Trinajstić information content (AvgIpc) is 2.83. The van der Waals surface area contributed by atoms with Crippen molar-refractivity contribution in [3.8, 4) is 0 Å². The molecule has 1 unspecified atom stereocenters. The molecule has 0 saturated carbocycles. The second kappa shape index (κ2) is 4.91.